The molecule has 0 saturated carbocycles. The van der Waals surface area contributed by atoms with Gasteiger partial charge in [0.25, 0.3) is 0 Å². The molecule has 1 saturated heterocycles. The van der Waals surface area contributed by atoms with Crippen molar-refractivity contribution in [2.75, 3.05) is 27.3 Å². The van der Waals surface area contributed by atoms with Crippen LogP contribution in [0.1, 0.15) is 18.4 Å². The number of esters is 1. The number of aliphatic imine (C=N–C) groups is 2. The van der Waals surface area contributed by atoms with Crippen molar-refractivity contribution in [2.45, 2.75) is 19.4 Å². The number of quaternary nitrogens is 1. The van der Waals surface area contributed by atoms with E-state index in [1.54, 1.807) is 13.3 Å². The number of halogens is 1. The second-order valence-corrected chi connectivity index (χ2v) is 8.09. The molecule has 2 atom stereocenters. The van der Waals surface area contributed by atoms with Crippen LogP contribution in [0.15, 0.2) is 58.2 Å². The molecule has 9 heteroatoms. The van der Waals surface area contributed by atoms with Crippen LogP contribution >= 0.6 is 15.9 Å². The number of rotatable bonds is 6. The summed E-state index contributed by atoms with van der Waals surface area (Å²) in [6.07, 6.45) is 7.30. The SMILES string of the molecule is COC(=O)C1CCCN(C2=C3C=NC=C[N+]3(NCc3ccc(OC)cc3)C(Br)=N2)C1. The molecule has 4 rings (SSSR count). The van der Waals surface area contributed by atoms with Crippen molar-refractivity contribution in [3.8, 4) is 5.75 Å². The molecule has 2 unspecified atom stereocenters. The predicted molar refractivity (Wildman–Crippen MR) is 117 cm³/mol. The topological polar surface area (TPSA) is 75.5 Å². The summed E-state index contributed by atoms with van der Waals surface area (Å²) in [6, 6.07) is 7.95. The predicted octanol–water partition coefficient (Wildman–Crippen LogP) is 2.89. The summed E-state index contributed by atoms with van der Waals surface area (Å²) >= 11 is 3.67. The number of fused-ring (bicyclic) bond motifs is 1. The molecule has 0 radical (unpaired) electrons. The maximum absolute atomic E-state index is 12.1. The minimum atomic E-state index is -0.165. The Morgan fingerprint density at radius 3 is 2.87 bits per heavy atom. The van der Waals surface area contributed by atoms with E-state index in [2.05, 4.69) is 31.2 Å². The molecular formula is C21H25BrN5O3+. The molecule has 30 heavy (non-hydrogen) atoms. The molecule has 1 aromatic rings. The highest BCUT2D eigenvalue weighted by Crippen LogP contribution is 2.35. The van der Waals surface area contributed by atoms with E-state index >= 15 is 0 Å². The quantitative estimate of drug-likeness (QED) is 0.389. The minimum Gasteiger partial charge on any atom is -0.497 e. The molecule has 1 N–H and O–H groups in total. The van der Waals surface area contributed by atoms with Gasteiger partial charge in [-0.1, -0.05) is 12.1 Å². The van der Waals surface area contributed by atoms with Crippen molar-refractivity contribution in [3.63, 3.8) is 0 Å². The molecular weight excluding hydrogens is 450 g/mol. The van der Waals surface area contributed by atoms with Gasteiger partial charge in [0, 0.05) is 29.0 Å². The van der Waals surface area contributed by atoms with E-state index in [1.807, 2.05) is 36.7 Å². The highest BCUT2D eigenvalue weighted by molar-refractivity contribution is 9.18. The average molecular weight is 475 g/mol. The van der Waals surface area contributed by atoms with Crippen LogP contribution in [-0.4, -0.2) is 53.7 Å². The van der Waals surface area contributed by atoms with Gasteiger partial charge in [-0.05, 0) is 30.5 Å². The summed E-state index contributed by atoms with van der Waals surface area (Å²) in [5.41, 5.74) is 5.62. The molecule has 158 valence electrons. The maximum atomic E-state index is 12.1. The van der Waals surface area contributed by atoms with Crippen molar-refractivity contribution in [1.82, 2.24) is 10.3 Å². The molecule has 0 aromatic heterocycles. The fraction of sp³-hybridized carbons (Fsp3) is 0.381. The fourth-order valence-corrected chi connectivity index (χ4v) is 4.55. The summed E-state index contributed by atoms with van der Waals surface area (Å²) in [5.74, 6) is 1.34. The number of hydrogen-bond donors (Lipinski definition) is 1. The molecule has 3 aliphatic rings. The van der Waals surface area contributed by atoms with Gasteiger partial charge in [0.1, 0.15) is 11.9 Å². The maximum Gasteiger partial charge on any atom is 0.310 e. The zero-order valence-electron chi connectivity index (χ0n) is 17.0. The van der Waals surface area contributed by atoms with E-state index in [-0.39, 0.29) is 16.5 Å². The third-order valence-electron chi connectivity index (χ3n) is 5.62. The summed E-state index contributed by atoms with van der Waals surface area (Å²) in [6.45, 7) is 2.05. The lowest BCUT2D eigenvalue weighted by Crippen LogP contribution is -2.54. The van der Waals surface area contributed by atoms with Crippen LogP contribution in [0.25, 0.3) is 0 Å². The molecule has 8 nitrogen and oxygen atoms in total. The van der Waals surface area contributed by atoms with Gasteiger partial charge in [-0.2, -0.15) is 4.99 Å². The van der Waals surface area contributed by atoms with Crippen LogP contribution in [-0.2, 0) is 16.1 Å². The molecule has 0 bridgehead atoms. The number of likely N-dealkylation sites (tertiary alicyclic amines) is 1. The molecule has 3 aliphatic heterocycles. The van der Waals surface area contributed by atoms with Gasteiger partial charge in [0.2, 0.25) is 11.5 Å². The van der Waals surface area contributed by atoms with Crippen LogP contribution in [0.3, 0.4) is 0 Å². The standard InChI is InChI=1S/C21H25BrN5O3/c1-29-17-7-5-15(6-8-17)12-24-27-11-9-23-13-18(27)19(25-21(27)22)26-10-3-4-16(14-26)20(28)30-2/h5-9,11,13,16,24H,3-4,10,12,14H2,1-2H3/q+1. The van der Waals surface area contributed by atoms with E-state index in [9.17, 15) is 4.79 Å². The zero-order chi connectivity index (χ0) is 21.1. The van der Waals surface area contributed by atoms with E-state index in [0.29, 0.717) is 13.1 Å². The number of piperidine rings is 1. The van der Waals surface area contributed by atoms with Crippen LogP contribution < -0.4 is 10.2 Å². The first-order valence-corrected chi connectivity index (χ1v) is 10.7. The van der Waals surface area contributed by atoms with Crippen molar-refractivity contribution in [3.05, 3.63) is 53.7 Å². The molecule has 0 spiro atoms. The van der Waals surface area contributed by atoms with E-state index < -0.39 is 0 Å². The average Bonchev–Trinajstić information content (AvgIpc) is 3.10. The molecule has 1 aromatic carbocycles. The Hall–Kier alpha value is -2.49. The third kappa shape index (κ3) is 3.80. The lowest BCUT2D eigenvalue weighted by atomic mass is 9.98. The normalized spacial score (nSPS) is 25.2. The largest absolute Gasteiger partial charge is 0.497 e. The van der Waals surface area contributed by atoms with Crippen LogP contribution in [0.5, 0.6) is 5.75 Å². The first-order chi connectivity index (χ1) is 14.6. The van der Waals surface area contributed by atoms with E-state index in [0.717, 1.165) is 47.0 Å². The first kappa shape index (κ1) is 20.8. The van der Waals surface area contributed by atoms with Gasteiger partial charge in [-0.25, -0.2) is 0 Å². The molecule has 0 aliphatic carbocycles. The number of nitrogens with zero attached hydrogens (tertiary/aromatic N) is 4. The number of ether oxygens (including phenoxy) is 2. The molecule has 1 fully saturated rings. The van der Waals surface area contributed by atoms with Crippen molar-refractivity contribution < 1.29 is 18.9 Å². The Bertz CT molecular complexity index is 940. The van der Waals surface area contributed by atoms with Gasteiger partial charge < -0.3 is 14.4 Å². The van der Waals surface area contributed by atoms with E-state index in [1.165, 1.54) is 7.11 Å². The lowest BCUT2D eigenvalue weighted by Gasteiger charge is -2.33. The Labute approximate surface area is 184 Å². The minimum absolute atomic E-state index is 0.142. The Morgan fingerprint density at radius 1 is 1.33 bits per heavy atom. The van der Waals surface area contributed by atoms with Crippen molar-refractivity contribution >= 4 is 32.9 Å². The second kappa shape index (κ2) is 8.71. The highest BCUT2D eigenvalue weighted by Gasteiger charge is 2.47. The van der Waals surface area contributed by atoms with Crippen LogP contribution in [0, 0.1) is 5.92 Å². The number of methoxy groups -OCH3 is 2. The second-order valence-electron chi connectivity index (χ2n) is 7.38. The monoisotopic (exact) mass is 474 g/mol. The highest BCUT2D eigenvalue weighted by atomic mass is 79.9. The number of carbonyl (C=O) groups is 1. The van der Waals surface area contributed by atoms with Crippen molar-refractivity contribution in [2.24, 2.45) is 15.9 Å². The smallest absolute Gasteiger partial charge is 0.310 e. The Balaban J connectivity index is 1.58. The number of benzene rings is 1. The fourth-order valence-electron chi connectivity index (χ4n) is 3.95. The molecule has 0 amide bonds. The number of allylic oxidation sites excluding steroid dienone is 1. The lowest BCUT2D eigenvalue weighted by molar-refractivity contribution is -0.788. The first-order valence-electron chi connectivity index (χ1n) is 9.87. The van der Waals surface area contributed by atoms with Crippen LogP contribution in [0.2, 0.25) is 0 Å². The third-order valence-corrected chi connectivity index (χ3v) is 6.36. The Kier molecular flexibility index (Phi) is 6.03. The summed E-state index contributed by atoms with van der Waals surface area (Å²) in [7, 11) is 3.10. The van der Waals surface area contributed by atoms with Gasteiger partial charge in [0.05, 0.1) is 39.1 Å². The number of amidine groups is 1. The van der Waals surface area contributed by atoms with Gasteiger partial charge in [-0.3, -0.25) is 9.79 Å². The van der Waals surface area contributed by atoms with Gasteiger partial charge in [-0.15, -0.1) is 10.0 Å². The van der Waals surface area contributed by atoms with Crippen LogP contribution in [0.4, 0.5) is 0 Å². The zero-order valence-corrected chi connectivity index (χ0v) is 18.6. The molecule has 3 heterocycles. The summed E-state index contributed by atoms with van der Waals surface area (Å²) < 4.78 is 11.2. The van der Waals surface area contributed by atoms with Gasteiger partial charge >= 0.3 is 10.7 Å². The number of nitrogens with one attached hydrogen (secondary N) is 1. The summed E-state index contributed by atoms with van der Waals surface area (Å²) in [4.78, 5) is 23.4. The number of carbonyl (C=O) groups excluding carboxylic acids is 1. The Morgan fingerprint density at radius 2 is 2.13 bits per heavy atom. The number of hydrogen-bond acceptors (Lipinski definition) is 7. The van der Waals surface area contributed by atoms with Gasteiger partial charge in [0.15, 0.2) is 0 Å². The van der Waals surface area contributed by atoms with Crippen molar-refractivity contribution in [1.29, 1.82) is 0 Å². The summed E-state index contributed by atoms with van der Waals surface area (Å²) in [5, 5.41) is 0. The van der Waals surface area contributed by atoms with E-state index in [4.69, 9.17) is 14.5 Å².